The fourth-order valence-electron chi connectivity index (χ4n) is 1.95. The molecule has 92 valence electrons. The number of benzene rings is 1. The third-order valence-electron chi connectivity index (χ3n) is 2.59. The summed E-state index contributed by atoms with van der Waals surface area (Å²) in [7, 11) is 0. The van der Waals surface area contributed by atoms with Crippen LogP contribution in [0.4, 0.5) is 19.1 Å². The van der Waals surface area contributed by atoms with E-state index < -0.39 is 18.6 Å². The summed E-state index contributed by atoms with van der Waals surface area (Å²) in [6.07, 6.45) is -5.13. The van der Waals surface area contributed by atoms with Crippen molar-refractivity contribution in [1.82, 2.24) is 9.55 Å². The van der Waals surface area contributed by atoms with E-state index in [4.69, 9.17) is 5.73 Å². The molecule has 1 aromatic carbocycles. The number of hydrogen-bond donors (Lipinski definition) is 1. The van der Waals surface area contributed by atoms with Crippen molar-refractivity contribution in [3.63, 3.8) is 0 Å². The van der Waals surface area contributed by atoms with Crippen molar-refractivity contribution in [1.29, 1.82) is 0 Å². The molecule has 0 aliphatic heterocycles. The van der Waals surface area contributed by atoms with Crippen LogP contribution in [0.15, 0.2) is 24.3 Å². The van der Waals surface area contributed by atoms with Gasteiger partial charge in [0.1, 0.15) is 0 Å². The molecule has 2 N–H and O–H groups in total. The molecular weight excluding hydrogens is 231 g/mol. The van der Waals surface area contributed by atoms with Crippen LogP contribution in [-0.2, 0) is 0 Å². The topological polar surface area (TPSA) is 43.8 Å². The first kappa shape index (κ1) is 11.8. The van der Waals surface area contributed by atoms with Gasteiger partial charge in [0.25, 0.3) is 0 Å². The van der Waals surface area contributed by atoms with Crippen LogP contribution < -0.4 is 5.73 Å². The predicted octanol–water partition coefficient (Wildman–Crippen LogP) is 3.13. The minimum Gasteiger partial charge on any atom is -0.369 e. The number of aromatic nitrogens is 2. The van der Waals surface area contributed by atoms with Gasteiger partial charge in [0.2, 0.25) is 5.95 Å². The van der Waals surface area contributed by atoms with E-state index in [9.17, 15) is 13.2 Å². The van der Waals surface area contributed by atoms with Gasteiger partial charge in [-0.3, -0.25) is 0 Å². The zero-order chi connectivity index (χ0) is 12.6. The van der Waals surface area contributed by atoms with E-state index >= 15 is 0 Å². The zero-order valence-corrected chi connectivity index (χ0v) is 9.20. The second-order valence-corrected chi connectivity index (χ2v) is 4.00. The van der Waals surface area contributed by atoms with Crippen molar-refractivity contribution in [2.24, 2.45) is 0 Å². The maximum Gasteiger partial charge on any atom is 0.391 e. The molecule has 6 heteroatoms. The third-order valence-corrected chi connectivity index (χ3v) is 2.59. The molecule has 0 spiro atoms. The monoisotopic (exact) mass is 243 g/mol. The second-order valence-electron chi connectivity index (χ2n) is 4.00. The lowest BCUT2D eigenvalue weighted by Crippen LogP contribution is -2.17. The highest BCUT2D eigenvalue weighted by molar-refractivity contribution is 5.78. The van der Waals surface area contributed by atoms with Crippen LogP contribution in [0.3, 0.4) is 0 Å². The second kappa shape index (κ2) is 3.94. The first-order chi connectivity index (χ1) is 7.88. The fourth-order valence-corrected chi connectivity index (χ4v) is 1.95. The van der Waals surface area contributed by atoms with Gasteiger partial charge in [0, 0.05) is 6.04 Å². The molecule has 0 aliphatic carbocycles. The molecule has 3 nitrogen and oxygen atoms in total. The number of hydrogen-bond acceptors (Lipinski definition) is 2. The van der Waals surface area contributed by atoms with Crippen LogP contribution in [0.2, 0.25) is 0 Å². The predicted molar refractivity (Wildman–Crippen MR) is 59.5 cm³/mol. The highest BCUT2D eigenvalue weighted by Crippen LogP contribution is 2.31. The highest BCUT2D eigenvalue weighted by Gasteiger charge is 2.31. The van der Waals surface area contributed by atoms with Crippen molar-refractivity contribution in [2.75, 3.05) is 5.73 Å². The summed E-state index contributed by atoms with van der Waals surface area (Å²) in [6.45, 7) is 1.48. The number of alkyl halides is 3. The molecule has 0 saturated carbocycles. The molecule has 0 amide bonds. The lowest BCUT2D eigenvalue weighted by atomic mass is 10.2. The Kier molecular flexibility index (Phi) is 2.73. The summed E-state index contributed by atoms with van der Waals surface area (Å²) in [6, 6.07) is 6.20. The number of fused-ring (bicyclic) bond motifs is 1. The average Bonchev–Trinajstić information content (AvgIpc) is 2.50. The SMILES string of the molecule is CC(CC(F)(F)F)n1c(N)nc2ccccc21. The van der Waals surface area contributed by atoms with E-state index in [0.717, 1.165) is 0 Å². The molecule has 2 aromatic rings. The van der Waals surface area contributed by atoms with Crippen LogP contribution in [0.5, 0.6) is 0 Å². The standard InChI is InChI=1S/C11H12F3N3/c1-7(6-11(12,13)14)17-9-5-3-2-4-8(9)16-10(17)15/h2-5,7H,6H2,1H3,(H2,15,16). The van der Waals surface area contributed by atoms with Gasteiger partial charge in [-0.1, -0.05) is 12.1 Å². The lowest BCUT2D eigenvalue weighted by Gasteiger charge is -2.17. The Morgan fingerprint density at radius 1 is 1.35 bits per heavy atom. The molecular formula is C11H12F3N3. The Balaban J connectivity index is 2.44. The molecule has 1 atom stereocenters. The minimum absolute atomic E-state index is 0.114. The van der Waals surface area contributed by atoms with Gasteiger partial charge in [0.05, 0.1) is 17.5 Å². The maximum atomic E-state index is 12.4. The quantitative estimate of drug-likeness (QED) is 0.880. The number of nitrogens with zero attached hydrogens (tertiary/aromatic N) is 2. The molecule has 1 heterocycles. The summed E-state index contributed by atoms with van der Waals surface area (Å²) in [5.41, 5.74) is 6.89. The third kappa shape index (κ3) is 2.35. The Morgan fingerprint density at radius 3 is 2.65 bits per heavy atom. The average molecular weight is 243 g/mol. The molecule has 0 saturated heterocycles. The first-order valence-corrected chi connectivity index (χ1v) is 5.17. The van der Waals surface area contributed by atoms with Crippen LogP contribution in [0.25, 0.3) is 11.0 Å². The summed E-state index contributed by atoms with van der Waals surface area (Å²) in [5, 5.41) is 0. The smallest absolute Gasteiger partial charge is 0.369 e. The van der Waals surface area contributed by atoms with Crippen LogP contribution in [-0.4, -0.2) is 15.7 Å². The maximum absolute atomic E-state index is 12.4. The van der Waals surface area contributed by atoms with Crippen LogP contribution in [0.1, 0.15) is 19.4 Å². The summed E-state index contributed by atoms with van der Waals surface area (Å²) in [5.74, 6) is 0.114. The van der Waals surface area contributed by atoms with Gasteiger partial charge < -0.3 is 10.3 Å². The summed E-state index contributed by atoms with van der Waals surface area (Å²) >= 11 is 0. The fraction of sp³-hybridized carbons (Fsp3) is 0.364. The number of nitrogens with two attached hydrogens (primary N) is 1. The minimum atomic E-state index is -4.21. The van der Waals surface area contributed by atoms with Crippen LogP contribution in [0, 0.1) is 0 Å². The van der Waals surface area contributed by atoms with Gasteiger partial charge in [-0.2, -0.15) is 13.2 Å². The normalized spacial score (nSPS) is 14.1. The molecule has 1 aromatic heterocycles. The molecule has 17 heavy (non-hydrogen) atoms. The molecule has 0 radical (unpaired) electrons. The van der Waals surface area contributed by atoms with E-state index in [0.29, 0.717) is 11.0 Å². The van der Waals surface area contributed by atoms with E-state index in [1.54, 1.807) is 24.3 Å². The number of anilines is 1. The molecule has 0 aliphatic rings. The largest absolute Gasteiger partial charge is 0.391 e. The Morgan fingerprint density at radius 2 is 2.00 bits per heavy atom. The van der Waals surface area contributed by atoms with Gasteiger partial charge in [-0.15, -0.1) is 0 Å². The summed E-state index contributed by atoms with van der Waals surface area (Å²) < 4.78 is 38.5. The number of imidazole rings is 1. The van der Waals surface area contributed by atoms with Crippen LogP contribution >= 0.6 is 0 Å². The lowest BCUT2D eigenvalue weighted by molar-refractivity contribution is -0.141. The number of halogens is 3. The molecule has 1 unspecified atom stereocenters. The number of para-hydroxylation sites is 2. The summed E-state index contributed by atoms with van der Waals surface area (Å²) in [4.78, 5) is 4.04. The van der Waals surface area contributed by atoms with Crippen molar-refractivity contribution < 1.29 is 13.2 Å². The van der Waals surface area contributed by atoms with Gasteiger partial charge in [-0.25, -0.2) is 4.98 Å². The Hall–Kier alpha value is -1.72. The van der Waals surface area contributed by atoms with Crippen molar-refractivity contribution in [3.05, 3.63) is 24.3 Å². The molecule has 0 bridgehead atoms. The Bertz CT molecular complexity index is 530. The van der Waals surface area contributed by atoms with E-state index in [2.05, 4.69) is 4.98 Å². The van der Waals surface area contributed by atoms with E-state index in [1.165, 1.54) is 11.5 Å². The van der Waals surface area contributed by atoms with E-state index in [1.807, 2.05) is 0 Å². The van der Waals surface area contributed by atoms with Crippen molar-refractivity contribution in [3.8, 4) is 0 Å². The van der Waals surface area contributed by atoms with Crippen molar-refractivity contribution in [2.45, 2.75) is 25.6 Å². The molecule has 0 fully saturated rings. The van der Waals surface area contributed by atoms with Gasteiger partial charge >= 0.3 is 6.18 Å². The first-order valence-electron chi connectivity index (χ1n) is 5.17. The van der Waals surface area contributed by atoms with Gasteiger partial charge in [0.15, 0.2) is 0 Å². The van der Waals surface area contributed by atoms with E-state index in [-0.39, 0.29) is 5.95 Å². The van der Waals surface area contributed by atoms with Gasteiger partial charge in [-0.05, 0) is 19.1 Å². The zero-order valence-electron chi connectivity index (χ0n) is 9.20. The number of nitrogen functional groups attached to an aromatic ring is 1. The number of rotatable bonds is 2. The van der Waals surface area contributed by atoms with Crippen molar-refractivity contribution >= 4 is 17.0 Å². The highest BCUT2D eigenvalue weighted by atomic mass is 19.4. The molecule has 2 rings (SSSR count). The Labute approximate surface area is 96.0 Å².